The van der Waals surface area contributed by atoms with Crippen molar-refractivity contribution < 1.29 is 0 Å². The van der Waals surface area contributed by atoms with Crippen LogP contribution >= 0.6 is 0 Å². The summed E-state index contributed by atoms with van der Waals surface area (Å²) < 4.78 is 0. The number of benzene rings is 6. The third-order valence-corrected chi connectivity index (χ3v) is 15.1. The minimum Gasteiger partial charge on any atom is -0.208 e. The molecule has 1 spiro atoms. The van der Waals surface area contributed by atoms with Gasteiger partial charge in [0.1, 0.15) is 0 Å². The van der Waals surface area contributed by atoms with E-state index in [9.17, 15) is 0 Å². The molecule has 1 aromatic heterocycles. The minimum absolute atomic E-state index is 0.0348. The van der Waals surface area contributed by atoms with Crippen molar-refractivity contribution in [2.45, 2.75) is 75.5 Å². The lowest BCUT2D eigenvalue weighted by molar-refractivity contribution is 0.233. The molecule has 2 atom stereocenters. The fourth-order valence-electron chi connectivity index (χ4n) is 11.8. The van der Waals surface area contributed by atoms with Gasteiger partial charge in [-0.25, -0.2) is 15.0 Å². The maximum absolute atomic E-state index is 5.09. The van der Waals surface area contributed by atoms with Crippen molar-refractivity contribution >= 4 is 11.1 Å². The van der Waals surface area contributed by atoms with Gasteiger partial charge in [0.05, 0.1) is 0 Å². The summed E-state index contributed by atoms with van der Waals surface area (Å²) in [6.45, 7) is 4.87. The van der Waals surface area contributed by atoms with Gasteiger partial charge in [0.25, 0.3) is 0 Å². The van der Waals surface area contributed by atoms with Crippen LogP contribution in [0.5, 0.6) is 0 Å². The van der Waals surface area contributed by atoms with Gasteiger partial charge in [0, 0.05) is 33.4 Å². The van der Waals surface area contributed by atoms with E-state index in [1.807, 2.05) is 18.2 Å². The minimum atomic E-state index is -0.0348. The molecule has 3 heteroatoms. The van der Waals surface area contributed by atoms with Crippen LogP contribution in [0.1, 0.15) is 92.5 Å². The van der Waals surface area contributed by atoms with E-state index >= 15 is 0 Å². The Kier molecular flexibility index (Phi) is 9.04. The maximum atomic E-state index is 5.09. The Morgan fingerprint density at radius 2 is 1.10 bits per heavy atom. The van der Waals surface area contributed by atoms with Crippen LogP contribution in [0.25, 0.3) is 67.6 Å². The molecule has 7 aromatic rings. The summed E-state index contributed by atoms with van der Waals surface area (Å²) in [4.78, 5) is 15.1. The second-order valence-corrected chi connectivity index (χ2v) is 18.9. The molecule has 63 heavy (non-hydrogen) atoms. The predicted octanol–water partition coefficient (Wildman–Crippen LogP) is 15.2. The molecule has 5 aliphatic carbocycles. The Hall–Kier alpha value is -6.71. The third kappa shape index (κ3) is 6.35. The smallest absolute Gasteiger partial charge is 0.164 e. The predicted molar refractivity (Wildman–Crippen MR) is 260 cm³/mol. The quantitative estimate of drug-likeness (QED) is 0.168. The number of rotatable bonds is 6. The first-order valence-corrected chi connectivity index (χ1v) is 23.1. The lowest BCUT2D eigenvalue weighted by Crippen LogP contribution is -2.35. The van der Waals surface area contributed by atoms with E-state index in [4.69, 9.17) is 15.0 Å². The molecule has 3 nitrogen and oxygen atoms in total. The number of fused-ring (bicyclic) bond motifs is 8. The van der Waals surface area contributed by atoms with Crippen molar-refractivity contribution in [3.63, 3.8) is 0 Å². The first kappa shape index (κ1) is 38.0. The van der Waals surface area contributed by atoms with Crippen LogP contribution in [-0.2, 0) is 10.8 Å². The Morgan fingerprint density at radius 1 is 0.492 bits per heavy atom. The van der Waals surface area contributed by atoms with E-state index < -0.39 is 0 Å². The van der Waals surface area contributed by atoms with Crippen LogP contribution in [0, 0.1) is 5.92 Å². The highest BCUT2D eigenvalue weighted by Crippen LogP contribution is 2.64. The zero-order chi connectivity index (χ0) is 42.1. The number of allylic oxidation sites excluding steroid dienone is 8. The molecular weight excluding hydrogens is 763 g/mol. The van der Waals surface area contributed by atoms with Crippen molar-refractivity contribution in [1.29, 1.82) is 0 Å². The average Bonchev–Trinajstić information content (AvgIpc) is 3.74. The number of hydrogen-bond acceptors (Lipinski definition) is 3. The normalized spacial score (nSPS) is 19.9. The summed E-state index contributed by atoms with van der Waals surface area (Å²) in [5, 5.41) is 0. The molecule has 1 fully saturated rings. The molecular formula is C60H51N3. The molecule has 12 rings (SSSR count). The van der Waals surface area contributed by atoms with Crippen molar-refractivity contribution in [1.82, 2.24) is 15.0 Å². The van der Waals surface area contributed by atoms with E-state index in [2.05, 4.69) is 172 Å². The summed E-state index contributed by atoms with van der Waals surface area (Å²) in [7, 11) is 0. The summed E-state index contributed by atoms with van der Waals surface area (Å²) in [6, 6.07) is 53.2. The van der Waals surface area contributed by atoms with Gasteiger partial charge in [0.15, 0.2) is 17.5 Å². The lowest BCUT2D eigenvalue weighted by Gasteiger charge is -2.41. The summed E-state index contributed by atoms with van der Waals surface area (Å²) >= 11 is 0. The molecule has 0 N–H and O–H groups in total. The third-order valence-electron chi connectivity index (χ3n) is 15.1. The second kappa shape index (κ2) is 15.0. The molecule has 0 radical (unpaired) electrons. The molecule has 0 bridgehead atoms. The Balaban J connectivity index is 0.860. The summed E-state index contributed by atoms with van der Waals surface area (Å²) in [5.41, 5.74) is 19.4. The zero-order valence-corrected chi connectivity index (χ0v) is 36.2. The highest BCUT2D eigenvalue weighted by atomic mass is 15.0. The largest absolute Gasteiger partial charge is 0.208 e. The van der Waals surface area contributed by atoms with E-state index in [1.165, 1.54) is 76.6 Å². The molecule has 0 saturated heterocycles. The topological polar surface area (TPSA) is 38.7 Å². The van der Waals surface area contributed by atoms with Crippen LogP contribution in [0.2, 0.25) is 0 Å². The summed E-state index contributed by atoms with van der Waals surface area (Å²) in [6.07, 6.45) is 21.0. The summed E-state index contributed by atoms with van der Waals surface area (Å²) in [5.74, 6) is 2.98. The molecule has 2 unspecified atom stereocenters. The number of hydrogen-bond donors (Lipinski definition) is 0. The van der Waals surface area contributed by atoms with Crippen molar-refractivity contribution in [3.8, 4) is 56.4 Å². The van der Waals surface area contributed by atoms with Crippen LogP contribution in [-0.4, -0.2) is 15.0 Å². The van der Waals surface area contributed by atoms with Crippen LogP contribution < -0.4 is 0 Å². The van der Waals surface area contributed by atoms with E-state index in [-0.39, 0.29) is 10.8 Å². The van der Waals surface area contributed by atoms with Crippen molar-refractivity contribution in [2.24, 2.45) is 5.92 Å². The standard InChI is InChI=1S/C60H51N3/c1-59(2)52-32-31-46(36-49(52)51-38-55-50(37-54(51)59)48-21-10-11-22-53(48)60(55)33-12-5-13-34-60)42-25-23-41(24-26-42)45-19-14-20-47(35-45)58-62-56(43-17-8-4-9-18-43)61-57(63-58)44-29-27-40(28-30-44)39-15-6-3-7-16-39/h4,6,8-11,14-32,35-38,50,55H,3,5,7,12-13,33-34H2,1-2H3. The Labute approximate surface area is 371 Å². The average molecular weight is 814 g/mol. The SMILES string of the molecule is CC1(C)C2=CC3c4ccccc4C4(CCCCC4)C3C=C2c2cc(-c3ccc(-c4cccc(-c5nc(-c6ccccc6)nc(-c6ccc(C7=CCCC=C7)cc6)n5)c4)cc3)ccc21. The molecule has 306 valence electrons. The van der Waals surface area contributed by atoms with Crippen LogP contribution in [0.4, 0.5) is 0 Å². The van der Waals surface area contributed by atoms with Gasteiger partial charge in [-0.1, -0.05) is 197 Å². The van der Waals surface area contributed by atoms with Gasteiger partial charge in [0.2, 0.25) is 0 Å². The number of nitrogens with zero attached hydrogens (tertiary/aromatic N) is 3. The molecule has 1 heterocycles. The molecule has 5 aliphatic rings. The van der Waals surface area contributed by atoms with Gasteiger partial charge in [-0.3, -0.25) is 0 Å². The van der Waals surface area contributed by atoms with Gasteiger partial charge in [-0.05, 0) is 111 Å². The monoisotopic (exact) mass is 813 g/mol. The highest BCUT2D eigenvalue weighted by Gasteiger charge is 2.53. The van der Waals surface area contributed by atoms with Crippen LogP contribution in [0.3, 0.4) is 0 Å². The molecule has 6 aromatic carbocycles. The van der Waals surface area contributed by atoms with Gasteiger partial charge >= 0.3 is 0 Å². The Morgan fingerprint density at radius 3 is 1.83 bits per heavy atom. The van der Waals surface area contributed by atoms with Gasteiger partial charge in [-0.15, -0.1) is 0 Å². The highest BCUT2D eigenvalue weighted by molar-refractivity contribution is 5.93. The second-order valence-electron chi connectivity index (χ2n) is 18.9. The van der Waals surface area contributed by atoms with Gasteiger partial charge < -0.3 is 0 Å². The van der Waals surface area contributed by atoms with E-state index in [1.54, 1.807) is 11.1 Å². The van der Waals surface area contributed by atoms with E-state index in [0.29, 0.717) is 29.3 Å². The molecule has 0 aliphatic heterocycles. The number of aromatic nitrogens is 3. The van der Waals surface area contributed by atoms with Crippen molar-refractivity contribution in [3.05, 3.63) is 209 Å². The van der Waals surface area contributed by atoms with Crippen LogP contribution in [0.15, 0.2) is 182 Å². The first-order chi connectivity index (χ1) is 30.9. The fourth-order valence-corrected chi connectivity index (χ4v) is 11.8. The Bertz CT molecular complexity index is 3050. The lowest BCUT2D eigenvalue weighted by atomic mass is 9.62. The van der Waals surface area contributed by atoms with Crippen molar-refractivity contribution in [2.75, 3.05) is 0 Å². The van der Waals surface area contributed by atoms with Gasteiger partial charge in [-0.2, -0.15) is 0 Å². The maximum Gasteiger partial charge on any atom is 0.164 e. The first-order valence-electron chi connectivity index (χ1n) is 23.1. The van der Waals surface area contributed by atoms with E-state index in [0.717, 1.165) is 40.7 Å². The zero-order valence-electron chi connectivity index (χ0n) is 36.2. The molecule has 1 saturated carbocycles. The molecule has 0 amide bonds. The fraction of sp³-hybridized carbons (Fsp3) is 0.217.